The summed E-state index contributed by atoms with van der Waals surface area (Å²) < 4.78 is 2.68. The summed E-state index contributed by atoms with van der Waals surface area (Å²) in [5, 5.41) is 7.91. The third-order valence-electron chi connectivity index (χ3n) is 8.37. The van der Waals surface area contributed by atoms with Crippen LogP contribution in [-0.2, 0) is 0 Å². The molecule has 9 rings (SSSR count). The third kappa shape index (κ3) is 3.03. The van der Waals surface area contributed by atoms with Crippen LogP contribution >= 0.6 is 11.3 Å². The maximum Gasteiger partial charge on any atom is 0.0540 e. The molecule has 2 heteroatoms. The minimum absolute atomic E-state index is 1.16. The molecule has 40 heavy (non-hydrogen) atoms. The molecule has 0 atom stereocenters. The monoisotopic (exact) mass is 525 g/mol. The Labute approximate surface area is 236 Å². The van der Waals surface area contributed by atoms with E-state index in [1.54, 1.807) is 0 Å². The Hall–Kier alpha value is -4.92. The van der Waals surface area contributed by atoms with Gasteiger partial charge in [-0.2, -0.15) is 0 Å². The van der Waals surface area contributed by atoms with Crippen molar-refractivity contribution in [1.82, 2.24) is 0 Å². The summed E-state index contributed by atoms with van der Waals surface area (Å²) in [5.74, 6) is 0. The molecule has 1 aliphatic rings. The Balaban J connectivity index is 1.31. The molecular formula is C38H23NS. The van der Waals surface area contributed by atoms with Crippen molar-refractivity contribution in [3.05, 3.63) is 140 Å². The molecule has 0 aliphatic heterocycles. The summed E-state index contributed by atoms with van der Waals surface area (Å²) >= 11 is 1.91. The van der Waals surface area contributed by atoms with Gasteiger partial charge in [0.15, 0.2) is 0 Å². The summed E-state index contributed by atoms with van der Waals surface area (Å²) in [6.07, 6.45) is 0. The smallest absolute Gasteiger partial charge is 0.0540 e. The number of nitrogens with zero attached hydrogens (tertiary/aromatic N) is 1. The van der Waals surface area contributed by atoms with Crippen LogP contribution in [0.15, 0.2) is 140 Å². The van der Waals surface area contributed by atoms with E-state index in [4.69, 9.17) is 0 Å². The van der Waals surface area contributed by atoms with Gasteiger partial charge in [-0.1, -0.05) is 103 Å². The molecule has 0 saturated heterocycles. The third-order valence-corrected chi connectivity index (χ3v) is 9.57. The van der Waals surface area contributed by atoms with Gasteiger partial charge in [-0.25, -0.2) is 0 Å². The van der Waals surface area contributed by atoms with Gasteiger partial charge in [-0.3, -0.25) is 0 Å². The molecule has 1 aliphatic carbocycles. The second-order valence-corrected chi connectivity index (χ2v) is 11.6. The first kappa shape index (κ1) is 22.0. The Morgan fingerprint density at radius 2 is 1.12 bits per heavy atom. The molecule has 0 spiro atoms. The van der Waals surface area contributed by atoms with Gasteiger partial charge in [-0.15, -0.1) is 11.3 Å². The van der Waals surface area contributed by atoms with E-state index in [2.05, 4.69) is 144 Å². The average molecular weight is 526 g/mol. The highest BCUT2D eigenvalue weighted by molar-refractivity contribution is 7.26. The van der Waals surface area contributed by atoms with Gasteiger partial charge >= 0.3 is 0 Å². The predicted octanol–water partition coefficient (Wildman–Crippen LogP) is 11.5. The summed E-state index contributed by atoms with van der Waals surface area (Å²) in [6, 6.07) is 51.0. The van der Waals surface area contributed by atoms with Gasteiger partial charge in [0, 0.05) is 42.3 Å². The van der Waals surface area contributed by atoms with E-state index in [9.17, 15) is 0 Å². The Morgan fingerprint density at radius 1 is 0.425 bits per heavy atom. The summed E-state index contributed by atoms with van der Waals surface area (Å²) in [6.45, 7) is 0. The van der Waals surface area contributed by atoms with Crippen molar-refractivity contribution >= 4 is 70.1 Å². The Morgan fingerprint density at radius 3 is 2.02 bits per heavy atom. The van der Waals surface area contributed by atoms with Crippen LogP contribution in [-0.4, -0.2) is 0 Å². The molecule has 1 heterocycles. The van der Waals surface area contributed by atoms with Crippen LogP contribution in [0.1, 0.15) is 0 Å². The molecule has 0 saturated carbocycles. The zero-order chi connectivity index (χ0) is 26.2. The standard InChI is InChI=1S/C38H23NS/c1-2-12-25(13-3-1)39(35-19-8-11-24-10-4-5-14-27(24)35)26-20-21-30-34-23-33-29-16-7-6-15-28(29)31-17-9-18-32(37(31)33)38(34)40-36(30)22-26/h1-23H. The number of benzene rings is 7. The fourth-order valence-corrected chi connectivity index (χ4v) is 7.88. The first-order chi connectivity index (χ1) is 19.8. The number of fused-ring (bicyclic) bond motifs is 8. The van der Waals surface area contributed by atoms with Gasteiger partial charge in [0.25, 0.3) is 0 Å². The minimum atomic E-state index is 1.16. The number of para-hydroxylation sites is 1. The molecule has 0 N–H and O–H groups in total. The van der Waals surface area contributed by atoms with Gasteiger partial charge in [0.2, 0.25) is 0 Å². The first-order valence-corrected chi connectivity index (χ1v) is 14.5. The van der Waals surface area contributed by atoms with Gasteiger partial charge in [0.1, 0.15) is 0 Å². The second kappa shape index (κ2) is 8.29. The molecule has 0 amide bonds. The lowest BCUT2D eigenvalue weighted by atomic mass is 9.99. The predicted molar refractivity (Wildman–Crippen MR) is 173 cm³/mol. The molecule has 0 fully saturated rings. The van der Waals surface area contributed by atoms with E-state index in [0.717, 1.165) is 5.69 Å². The highest BCUT2D eigenvalue weighted by Gasteiger charge is 2.24. The minimum Gasteiger partial charge on any atom is -0.310 e. The molecule has 186 valence electrons. The number of rotatable bonds is 3. The van der Waals surface area contributed by atoms with Crippen molar-refractivity contribution in [3.8, 4) is 22.3 Å². The van der Waals surface area contributed by atoms with E-state index in [1.807, 2.05) is 11.3 Å². The van der Waals surface area contributed by atoms with Crippen molar-refractivity contribution in [3.63, 3.8) is 0 Å². The van der Waals surface area contributed by atoms with Crippen LogP contribution in [0.25, 0.3) is 64.0 Å². The van der Waals surface area contributed by atoms with Crippen LogP contribution in [0.3, 0.4) is 0 Å². The van der Waals surface area contributed by atoms with Crippen molar-refractivity contribution in [1.29, 1.82) is 0 Å². The van der Waals surface area contributed by atoms with Gasteiger partial charge < -0.3 is 4.90 Å². The average Bonchev–Trinajstić information content (AvgIpc) is 3.55. The zero-order valence-corrected chi connectivity index (χ0v) is 22.5. The van der Waals surface area contributed by atoms with E-state index in [-0.39, 0.29) is 0 Å². The Bertz CT molecular complexity index is 2270. The van der Waals surface area contributed by atoms with Crippen molar-refractivity contribution < 1.29 is 0 Å². The van der Waals surface area contributed by atoms with E-state index in [0.29, 0.717) is 0 Å². The van der Waals surface area contributed by atoms with E-state index in [1.165, 1.54) is 75.3 Å². The van der Waals surface area contributed by atoms with Crippen LogP contribution in [0, 0.1) is 0 Å². The maximum atomic E-state index is 2.44. The molecule has 7 aromatic carbocycles. The fraction of sp³-hybridized carbons (Fsp3) is 0. The van der Waals surface area contributed by atoms with Gasteiger partial charge in [0.05, 0.1) is 5.69 Å². The molecule has 1 nitrogen and oxygen atoms in total. The number of thiophene rings is 1. The lowest BCUT2D eigenvalue weighted by Gasteiger charge is -2.27. The SMILES string of the molecule is c1ccc(N(c2ccc3c(c2)sc2c4cccc5c4c(cc32)-c2ccccc2-5)c2cccc3ccccc23)cc1. The largest absolute Gasteiger partial charge is 0.310 e. The van der Waals surface area contributed by atoms with Crippen molar-refractivity contribution in [2.45, 2.75) is 0 Å². The normalized spacial score (nSPS) is 12.0. The molecule has 1 aromatic heterocycles. The lowest BCUT2D eigenvalue weighted by molar-refractivity contribution is 1.30. The molecule has 0 bridgehead atoms. The van der Waals surface area contributed by atoms with Crippen LogP contribution in [0.2, 0.25) is 0 Å². The topological polar surface area (TPSA) is 3.24 Å². The zero-order valence-electron chi connectivity index (χ0n) is 21.6. The number of hydrogen-bond acceptors (Lipinski definition) is 2. The van der Waals surface area contributed by atoms with E-state index < -0.39 is 0 Å². The van der Waals surface area contributed by atoms with Crippen LogP contribution in [0.4, 0.5) is 17.1 Å². The maximum absolute atomic E-state index is 2.44. The van der Waals surface area contributed by atoms with Crippen LogP contribution < -0.4 is 4.90 Å². The summed E-state index contributed by atoms with van der Waals surface area (Å²) in [7, 11) is 0. The van der Waals surface area contributed by atoms with Crippen molar-refractivity contribution in [2.24, 2.45) is 0 Å². The van der Waals surface area contributed by atoms with Crippen molar-refractivity contribution in [2.75, 3.05) is 4.90 Å². The first-order valence-electron chi connectivity index (χ1n) is 13.7. The Kier molecular flexibility index (Phi) is 4.55. The fourth-order valence-electron chi connectivity index (χ4n) is 6.63. The molecular weight excluding hydrogens is 502 g/mol. The number of anilines is 3. The number of hydrogen-bond donors (Lipinski definition) is 0. The highest BCUT2D eigenvalue weighted by atomic mass is 32.1. The summed E-state index contributed by atoms with van der Waals surface area (Å²) in [4.78, 5) is 2.40. The van der Waals surface area contributed by atoms with E-state index >= 15 is 0 Å². The second-order valence-electron chi connectivity index (χ2n) is 10.5. The molecule has 0 radical (unpaired) electrons. The molecule has 0 unspecified atom stereocenters. The molecule has 8 aromatic rings. The quantitative estimate of drug-likeness (QED) is 0.222. The summed E-state index contributed by atoms with van der Waals surface area (Å²) in [5.41, 5.74) is 8.92. The van der Waals surface area contributed by atoms with Gasteiger partial charge in [-0.05, 0) is 69.4 Å². The highest BCUT2D eigenvalue weighted by Crippen LogP contribution is 2.52. The van der Waals surface area contributed by atoms with Crippen LogP contribution in [0.5, 0.6) is 0 Å². The lowest BCUT2D eigenvalue weighted by Crippen LogP contribution is -2.10.